The summed E-state index contributed by atoms with van der Waals surface area (Å²) in [5.74, 6) is 0.992. The molecule has 0 aliphatic heterocycles. The van der Waals surface area contributed by atoms with E-state index in [1.165, 1.54) is 19.3 Å². The first-order chi connectivity index (χ1) is 9.57. The number of nitrogens with zero attached hydrogens (tertiary/aromatic N) is 3. The summed E-state index contributed by atoms with van der Waals surface area (Å²) in [6.45, 7) is 4.76. The Labute approximate surface area is 122 Å². The molecule has 1 aliphatic rings. The third-order valence-electron chi connectivity index (χ3n) is 4.45. The smallest absolute Gasteiger partial charge is 0.203 e. The van der Waals surface area contributed by atoms with Gasteiger partial charge in [-0.05, 0) is 46.7 Å². The second-order valence-corrected chi connectivity index (χ2v) is 6.07. The zero-order valence-electron chi connectivity index (χ0n) is 13.3. The molecule has 1 saturated carbocycles. The average molecular weight is 280 g/mol. The van der Waals surface area contributed by atoms with E-state index in [1.54, 1.807) is 7.11 Å². The molecular weight excluding hydrogens is 252 g/mol. The number of nitrogens with one attached hydrogen (secondary N) is 1. The van der Waals surface area contributed by atoms with Crippen LogP contribution in [0.5, 0.6) is 0 Å². The monoisotopic (exact) mass is 280 g/mol. The summed E-state index contributed by atoms with van der Waals surface area (Å²) < 4.78 is 7.33. The number of imidazole rings is 1. The highest BCUT2D eigenvalue weighted by atomic mass is 16.5. The lowest BCUT2D eigenvalue weighted by Gasteiger charge is -2.47. The van der Waals surface area contributed by atoms with Gasteiger partial charge in [-0.15, -0.1) is 0 Å². The summed E-state index contributed by atoms with van der Waals surface area (Å²) in [7, 11) is 6.10. The van der Waals surface area contributed by atoms with Gasteiger partial charge in [0.1, 0.15) is 0 Å². The molecule has 114 valence electrons. The number of ether oxygens (including phenoxy) is 1. The molecule has 0 atom stereocenters. The van der Waals surface area contributed by atoms with Gasteiger partial charge in [0.2, 0.25) is 5.95 Å². The van der Waals surface area contributed by atoms with E-state index < -0.39 is 0 Å². The normalized spacial score (nSPS) is 17.2. The van der Waals surface area contributed by atoms with Crippen LogP contribution in [0.3, 0.4) is 0 Å². The van der Waals surface area contributed by atoms with Gasteiger partial charge in [-0.25, -0.2) is 4.98 Å². The Morgan fingerprint density at radius 2 is 2.20 bits per heavy atom. The van der Waals surface area contributed by atoms with Crippen molar-refractivity contribution in [2.24, 2.45) is 0 Å². The van der Waals surface area contributed by atoms with Gasteiger partial charge >= 0.3 is 0 Å². The van der Waals surface area contributed by atoms with Gasteiger partial charge in [0.05, 0.1) is 5.69 Å². The predicted octanol–water partition coefficient (Wildman–Crippen LogP) is 2.12. The van der Waals surface area contributed by atoms with E-state index in [4.69, 9.17) is 4.74 Å². The van der Waals surface area contributed by atoms with Crippen LogP contribution in [0.1, 0.15) is 31.4 Å². The van der Waals surface area contributed by atoms with Gasteiger partial charge in [0, 0.05) is 38.5 Å². The third kappa shape index (κ3) is 3.33. The van der Waals surface area contributed by atoms with Crippen LogP contribution in [0.2, 0.25) is 0 Å². The van der Waals surface area contributed by atoms with Crippen LogP contribution in [-0.2, 0) is 11.3 Å². The van der Waals surface area contributed by atoms with E-state index in [9.17, 15) is 0 Å². The quantitative estimate of drug-likeness (QED) is 0.741. The lowest BCUT2D eigenvalue weighted by molar-refractivity contribution is 0.0736. The summed E-state index contributed by atoms with van der Waals surface area (Å²) in [5.41, 5.74) is 1.38. The van der Waals surface area contributed by atoms with Gasteiger partial charge in [-0.2, -0.15) is 0 Å². The second-order valence-electron chi connectivity index (χ2n) is 6.07. The zero-order chi connectivity index (χ0) is 14.6. The Kier molecular flexibility index (Phi) is 5.05. The van der Waals surface area contributed by atoms with Gasteiger partial charge in [0.25, 0.3) is 0 Å². The van der Waals surface area contributed by atoms with Crippen molar-refractivity contribution in [3.63, 3.8) is 0 Å². The topological polar surface area (TPSA) is 42.3 Å². The van der Waals surface area contributed by atoms with Crippen LogP contribution in [0.25, 0.3) is 0 Å². The minimum Gasteiger partial charge on any atom is -0.385 e. The van der Waals surface area contributed by atoms with Crippen LogP contribution in [-0.4, -0.2) is 54.3 Å². The molecule has 0 amide bonds. The van der Waals surface area contributed by atoms with E-state index in [1.807, 2.05) is 6.92 Å². The Hall–Kier alpha value is -1.07. The molecule has 1 heterocycles. The number of methoxy groups -OCH3 is 1. The summed E-state index contributed by atoms with van der Waals surface area (Å²) in [5, 5.41) is 3.55. The summed E-state index contributed by atoms with van der Waals surface area (Å²) in [4.78, 5) is 6.96. The zero-order valence-corrected chi connectivity index (χ0v) is 13.3. The highest BCUT2D eigenvalue weighted by molar-refractivity contribution is 5.30. The summed E-state index contributed by atoms with van der Waals surface area (Å²) in [6, 6.07) is 0. The summed E-state index contributed by atoms with van der Waals surface area (Å²) >= 11 is 0. The van der Waals surface area contributed by atoms with Crippen molar-refractivity contribution in [2.45, 2.75) is 44.7 Å². The molecule has 0 bridgehead atoms. The Bertz CT molecular complexity index is 424. The molecule has 0 radical (unpaired) electrons. The van der Waals surface area contributed by atoms with E-state index in [-0.39, 0.29) is 0 Å². The highest BCUT2D eigenvalue weighted by Crippen LogP contribution is 2.36. The van der Waals surface area contributed by atoms with Gasteiger partial charge in [0.15, 0.2) is 0 Å². The second kappa shape index (κ2) is 6.59. The Morgan fingerprint density at radius 1 is 1.45 bits per heavy atom. The van der Waals surface area contributed by atoms with Crippen LogP contribution in [0.4, 0.5) is 5.95 Å². The largest absolute Gasteiger partial charge is 0.385 e. The molecule has 20 heavy (non-hydrogen) atoms. The van der Waals surface area contributed by atoms with E-state index >= 15 is 0 Å². The fraction of sp³-hybridized carbons (Fsp3) is 0.800. The molecule has 5 heteroatoms. The first kappa shape index (κ1) is 15.3. The van der Waals surface area contributed by atoms with Gasteiger partial charge in [-0.1, -0.05) is 0 Å². The van der Waals surface area contributed by atoms with Gasteiger partial charge in [-0.3, -0.25) is 0 Å². The molecule has 1 aromatic heterocycles. The molecule has 1 aromatic rings. The fourth-order valence-corrected chi connectivity index (χ4v) is 2.85. The number of aryl methyl sites for hydroxylation is 2. The standard InChI is InChI=1S/C15H28N4O/c1-13-11-19(9-6-10-20-4)14(17-13)16-12-15(18(2)3)7-5-8-15/h11H,5-10,12H2,1-4H3,(H,16,17). The minimum atomic E-state index is 0.317. The number of rotatable bonds is 8. The number of hydrogen-bond acceptors (Lipinski definition) is 4. The molecule has 0 saturated heterocycles. The van der Waals surface area contributed by atoms with Crippen molar-refractivity contribution in [2.75, 3.05) is 39.7 Å². The minimum absolute atomic E-state index is 0.317. The van der Waals surface area contributed by atoms with Crippen LogP contribution in [0.15, 0.2) is 6.20 Å². The van der Waals surface area contributed by atoms with Crippen molar-refractivity contribution in [3.8, 4) is 0 Å². The van der Waals surface area contributed by atoms with E-state index in [0.29, 0.717) is 5.54 Å². The average Bonchev–Trinajstić information content (AvgIpc) is 2.68. The third-order valence-corrected chi connectivity index (χ3v) is 4.45. The van der Waals surface area contributed by atoms with Crippen molar-refractivity contribution < 1.29 is 4.74 Å². The van der Waals surface area contributed by atoms with Gasteiger partial charge < -0.3 is 19.5 Å². The number of likely N-dealkylation sites (N-methyl/N-ethyl adjacent to an activating group) is 1. The molecule has 2 rings (SSSR count). The summed E-state index contributed by atoms with van der Waals surface area (Å²) in [6.07, 6.45) is 7.01. The Morgan fingerprint density at radius 3 is 2.75 bits per heavy atom. The highest BCUT2D eigenvalue weighted by Gasteiger charge is 2.38. The van der Waals surface area contributed by atoms with Crippen molar-refractivity contribution in [3.05, 3.63) is 11.9 Å². The number of hydrogen-bond donors (Lipinski definition) is 1. The molecule has 5 nitrogen and oxygen atoms in total. The van der Waals surface area contributed by atoms with Crippen molar-refractivity contribution >= 4 is 5.95 Å². The molecule has 1 fully saturated rings. The van der Waals surface area contributed by atoms with E-state index in [0.717, 1.165) is 37.8 Å². The lowest BCUT2D eigenvalue weighted by atomic mass is 9.75. The van der Waals surface area contributed by atoms with Crippen molar-refractivity contribution in [1.29, 1.82) is 0 Å². The van der Waals surface area contributed by atoms with Crippen LogP contribution in [0, 0.1) is 6.92 Å². The van der Waals surface area contributed by atoms with Crippen LogP contribution >= 0.6 is 0 Å². The molecular formula is C15H28N4O. The lowest BCUT2D eigenvalue weighted by Crippen LogP contribution is -2.54. The first-order valence-electron chi connectivity index (χ1n) is 7.51. The molecule has 1 aliphatic carbocycles. The number of anilines is 1. The molecule has 0 aromatic carbocycles. The maximum Gasteiger partial charge on any atom is 0.203 e. The maximum atomic E-state index is 5.12. The van der Waals surface area contributed by atoms with Crippen LogP contribution < -0.4 is 5.32 Å². The number of aromatic nitrogens is 2. The predicted molar refractivity (Wildman–Crippen MR) is 82.2 cm³/mol. The Balaban J connectivity index is 1.94. The molecule has 1 N–H and O–H groups in total. The van der Waals surface area contributed by atoms with E-state index in [2.05, 4.69) is 40.1 Å². The maximum absolute atomic E-state index is 5.12. The first-order valence-corrected chi connectivity index (χ1v) is 7.51. The SMILES string of the molecule is COCCCn1cc(C)nc1NCC1(N(C)C)CCC1. The molecule has 0 unspecified atom stereocenters. The van der Waals surface area contributed by atoms with Crippen molar-refractivity contribution in [1.82, 2.24) is 14.5 Å². The molecule has 0 spiro atoms. The fourth-order valence-electron chi connectivity index (χ4n) is 2.85.